The van der Waals surface area contributed by atoms with Gasteiger partial charge in [0.25, 0.3) is 0 Å². The summed E-state index contributed by atoms with van der Waals surface area (Å²) < 4.78 is 16.4. The molecule has 0 aromatic carbocycles. The van der Waals surface area contributed by atoms with Crippen LogP contribution in [0.25, 0.3) is 0 Å². The van der Waals surface area contributed by atoms with Gasteiger partial charge in [0.15, 0.2) is 6.10 Å². The van der Waals surface area contributed by atoms with E-state index in [1.54, 1.807) is 0 Å². The highest BCUT2D eigenvalue weighted by atomic mass is 16.6. The number of rotatable bonds is 29. The number of unbranched alkanes of at least 4 members (excludes halogenated alkanes) is 15. The lowest BCUT2D eigenvalue weighted by Crippen LogP contribution is -2.30. The maximum Gasteiger partial charge on any atom is 0.306 e. The topological polar surface area (TPSA) is 78.9 Å². The molecule has 0 radical (unpaired) electrons. The molecule has 0 amide bonds. The second kappa shape index (κ2) is 28.9. The van der Waals surface area contributed by atoms with E-state index in [1.807, 2.05) is 0 Å². The Morgan fingerprint density at radius 3 is 1.30 bits per heavy atom. The molecule has 236 valence electrons. The fourth-order valence-electron chi connectivity index (χ4n) is 4.65. The minimum absolute atomic E-state index is 0.0685. The maximum atomic E-state index is 12.4. The maximum absolute atomic E-state index is 12.4. The summed E-state index contributed by atoms with van der Waals surface area (Å²) in [4.78, 5) is 36.9. The van der Waals surface area contributed by atoms with E-state index in [4.69, 9.17) is 14.2 Å². The summed E-state index contributed by atoms with van der Waals surface area (Å²) in [6.07, 6.45) is 22.7. The molecule has 1 unspecified atom stereocenters. The number of carbonyl (C=O) groups is 3. The summed E-state index contributed by atoms with van der Waals surface area (Å²) in [5.41, 5.74) is 0. The van der Waals surface area contributed by atoms with Crippen LogP contribution in [0.1, 0.15) is 175 Å². The number of esters is 3. The van der Waals surface area contributed by atoms with Gasteiger partial charge in [0.1, 0.15) is 13.2 Å². The molecule has 0 rings (SSSR count). The van der Waals surface area contributed by atoms with Gasteiger partial charge in [0, 0.05) is 19.3 Å². The van der Waals surface area contributed by atoms with E-state index in [9.17, 15) is 14.4 Å². The van der Waals surface area contributed by atoms with Crippen LogP contribution in [0.15, 0.2) is 0 Å². The number of hydrogen-bond acceptors (Lipinski definition) is 6. The molecule has 0 aromatic rings. The predicted molar refractivity (Wildman–Crippen MR) is 164 cm³/mol. The molecule has 0 aliphatic carbocycles. The van der Waals surface area contributed by atoms with Crippen molar-refractivity contribution in [2.45, 2.75) is 181 Å². The Hall–Kier alpha value is -1.59. The third kappa shape index (κ3) is 26.6. The Morgan fingerprint density at radius 1 is 0.500 bits per heavy atom. The zero-order chi connectivity index (χ0) is 29.7. The van der Waals surface area contributed by atoms with Crippen molar-refractivity contribution in [3.63, 3.8) is 0 Å². The SMILES string of the molecule is CCCCCCCCCC(=O)O[C@H](COC(=O)CCCCCCC)COC(=O)CCCCCCCCC(C)CC. The normalized spacial score (nSPS) is 12.6. The molecule has 0 aliphatic rings. The highest BCUT2D eigenvalue weighted by Crippen LogP contribution is 2.15. The van der Waals surface area contributed by atoms with Crippen molar-refractivity contribution in [3.8, 4) is 0 Å². The minimum Gasteiger partial charge on any atom is -0.462 e. The number of carbonyl (C=O) groups excluding carboxylic acids is 3. The molecule has 40 heavy (non-hydrogen) atoms. The van der Waals surface area contributed by atoms with Crippen molar-refractivity contribution in [1.29, 1.82) is 0 Å². The van der Waals surface area contributed by atoms with Crippen molar-refractivity contribution in [2.75, 3.05) is 13.2 Å². The Kier molecular flexibility index (Phi) is 27.8. The third-order valence-electron chi connectivity index (χ3n) is 7.65. The van der Waals surface area contributed by atoms with Crippen molar-refractivity contribution in [2.24, 2.45) is 5.92 Å². The molecule has 0 heterocycles. The summed E-state index contributed by atoms with van der Waals surface area (Å²) in [7, 11) is 0. The first-order valence-electron chi connectivity index (χ1n) is 16.9. The molecular formula is C34H64O6. The quantitative estimate of drug-likeness (QED) is 0.0508. The zero-order valence-corrected chi connectivity index (χ0v) is 26.8. The Bertz CT molecular complexity index is 605. The van der Waals surface area contributed by atoms with Gasteiger partial charge in [0.2, 0.25) is 0 Å². The molecule has 0 spiro atoms. The first-order chi connectivity index (χ1) is 19.4. The van der Waals surface area contributed by atoms with Gasteiger partial charge in [-0.15, -0.1) is 0 Å². The number of hydrogen-bond donors (Lipinski definition) is 0. The van der Waals surface area contributed by atoms with E-state index in [0.717, 1.165) is 70.1 Å². The molecule has 0 aliphatic heterocycles. The predicted octanol–water partition coefficient (Wildman–Crippen LogP) is 9.65. The van der Waals surface area contributed by atoms with E-state index >= 15 is 0 Å². The smallest absolute Gasteiger partial charge is 0.306 e. The Morgan fingerprint density at radius 2 is 0.875 bits per heavy atom. The van der Waals surface area contributed by atoms with Gasteiger partial charge in [-0.2, -0.15) is 0 Å². The first-order valence-corrected chi connectivity index (χ1v) is 16.9. The van der Waals surface area contributed by atoms with E-state index in [1.165, 1.54) is 64.2 Å². The fraction of sp³-hybridized carbons (Fsp3) is 0.912. The second-order valence-electron chi connectivity index (χ2n) is 11.7. The summed E-state index contributed by atoms with van der Waals surface area (Å²) in [5.74, 6) is -0.0805. The van der Waals surface area contributed by atoms with Crippen molar-refractivity contribution >= 4 is 17.9 Å². The second-order valence-corrected chi connectivity index (χ2v) is 11.7. The van der Waals surface area contributed by atoms with E-state index < -0.39 is 6.10 Å². The lowest BCUT2D eigenvalue weighted by Gasteiger charge is -2.18. The summed E-state index contributed by atoms with van der Waals surface area (Å²) in [6.45, 7) is 8.78. The number of ether oxygens (including phenoxy) is 3. The highest BCUT2D eigenvalue weighted by Gasteiger charge is 2.19. The van der Waals surface area contributed by atoms with E-state index in [2.05, 4.69) is 27.7 Å². The van der Waals surface area contributed by atoms with Crippen LogP contribution in [0.2, 0.25) is 0 Å². The minimum atomic E-state index is -0.754. The van der Waals surface area contributed by atoms with Crippen LogP contribution in [0.4, 0.5) is 0 Å². The molecule has 0 aromatic heterocycles. The standard InChI is InChI=1S/C34H64O6/c1-5-8-10-12-13-19-23-27-34(37)40-31(28-38-32(35)25-21-16-11-9-6-2)29-39-33(36)26-22-18-15-14-17-20-24-30(4)7-3/h30-31H,5-29H2,1-4H3/t30?,31-/m1/s1. The van der Waals surface area contributed by atoms with Gasteiger partial charge in [0.05, 0.1) is 0 Å². The first kappa shape index (κ1) is 38.4. The van der Waals surface area contributed by atoms with E-state index in [0.29, 0.717) is 19.3 Å². The van der Waals surface area contributed by atoms with Crippen molar-refractivity contribution < 1.29 is 28.6 Å². The largest absolute Gasteiger partial charge is 0.462 e. The van der Waals surface area contributed by atoms with Gasteiger partial charge < -0.3 is 14.2 Å². The van der Waals surface area contributed by atoms with Crippen LogP contribution in [-0.4, -0.2) is 37.2 Å². The fourth-order valence-corrected chi connectivity index (χ4v) is 4.65. The lowest BCUT2D eigenvalue weighted by molar-refractivity contribution is -0.167. The molecular weight excluding hydrogens is 504 g/mol. The average Bonchev–Trinajstić information content (AvgIpc) is 2.95. The highest BCUT2D eigenvalue weighted by molar-refractivity contribution is 5.71. The van der Waals surface area contributed by atoms with Crippen molar-refractivity contribution in [3.05, 3.63) is 0 Å². The Labute approximate surface area is 247 Å². The van der Waals surface area contributed by atoms with Gasteiger partial charge >= 0.3 is 17.9 Å². The molecule has 0 bridgehead atoms. The van der Waals surface area contributed by atoms with Gasteiger partial charge in [-0.25, -0.2) is 0 Å². The summed E-state index contributed by atoms with van der Waals surface area (Å²) in [6, 6.07) is 0. The van der Waals surface area contributed by atoms with Crippen LogP contribution in [0.5, 0.6) is 0 Å². The molecule has 0 saturated carbocycles. The monoisotopic (exact) mass is 568 g/mol. The summed E-state index contributed by atoms with van der Waals surface area (Å²) in [5, 5.41) is 0. The van der Waals surface area contributed by atoms with Crippen LogP contribution < -0.4 is 0 Å². The summed E-state index contributed by atoms with van der Waals surface area (Å²) >= 11 is 0. The zero-order valence-electron chi connectivity index (χ0n) is 26.8. The van der Waals surface area contributed by atoms with Crippen molar-refractivity contribution in [1.82, 2.24) is 0 Å². The lowest BCUT2D eigenvalue weighted by atomic mass is 10.00. The molecule has 0 N–H and O–H groups in total. The molecule has 6 heteroatoms. The van der Waals surface area contributed by atoms with Crippen LogP contribution in [0.3, 0.4) is 0 Å². The van der Waals surface area contributed by atoms with Gasteiger partial charge in [-0.05, 0) is 25.2 Å². The molecule has 6 nitrogen and oxygen atoms in total. The van der Waals surface area contributed by atoms with Crippen LogP contribution in [0, 0.1) is 5.92 Å². The molecule has 0 saturated heterocycles. The Balaban J connectivity index is 4.33. The van der Waals surface area contributed by atoms with Gasteiger partial charge in [-0.1, -0.05) is 137 Å². The van der Waals surface area contributed by atoms with Gasteiger partial charge in [-0.3, -0.25) is 14.4 Å². The molecule has 2 atom stereocenters. The molecule has 0 fully saturated rings. The van der Waals surface area contributed by atoms with Crippen LogP contribution >= 0.6 is 0 Å². The van der Waals surface area contributed by atoms with E-state index in [-0.39, 0.29) is 31.1 Å². The van der Waals surface area contributed by atoms with Crippen LogP contribution in [-0.2, 0) is 28.6 Å². The average molecular weight is 569 g/mol. The third-order valence-corrected chi connectivity index (χ3v) is 7.65.